The summed E-state index contributed by atoms with van der Waals surface area (Å²) in [5.74, 6) is 0. The van der Waals surface area contributed by atoms with Gasteiger partial charge in [-0.15, -0.1) is 0 Å². The van der Waals surface area contributed by atoms with E-state index in [4.69, 9.17) is 0 Å². The summed E-state index contributed by atoms with van der Waals surface area (Å²) in [5, 5.41) is 11.0. The van der Waals surface area contributed by atoms with Gasteiger partial charge in [-0.1, -0.05) is 31.5 Å². The van der Waals surface area contributed by atoms with Gasteiger partial charge in [0.2, 0.25) is 0 Å². The van der Waals surface area contributed by atoms with Crippen LogP contribution in [0.5, 0.6) is 0 Å². The van der Waals surface area contributed by atoms with Gasteiger partial charge in [0.25, 0.3) is 5.69 Å². The van der Waals surface area contributed by atoms with Gasteiger partial charge in [-0.25, -0.2) is 4.79 Å². The quantitative estimate of drug-likeness (QED) is 0.555. The van der Waals surface area contributed by atoms with Gasteiger partial charge >= 0.3 is 6.03 Å². The summed E-state index contributed by atoms with van der Waals surface area (Å²) in [5.41, 5.74) is 2.70. The van der Waals surface area contributed by atoms with Crippen molar-refractivity contribution in [2.24, 2.45) is 0 Å². The smallest absolute Gasteiger partial charge is 0.294 e. The predicted octanol–water partition coefficient (Wildman–Crippen LogP) is 4.77. The second-order valence-corrected chi connectivity index (χ2v) is 6.49. The van der Waals surface area contributed by atoms with Crippen LogP contribution in [-0.2, 0) is 6.42 Å². The number of aryl methyl sites for hydroxylation is 1. The van der Waals surface area contributed by atoms with E-state index in [1.54, 1.807) is 21.9 Å². The van der Waals surface area contributed by atoms with Gasteiger partial charge in [0, 0.05) is 30.9 Å². The minimum absolute atomic E-state index is 0.00676. The van der Waals surface area contributed by atoms with E-state index in [2.05, 4.69) is 19.1 Å². The third kappa shape index (κ3) is 3.85. The van der Waals surface area contributed by atoms with Crippen molar-refractivity contribution in [2.75, 3.05) is 22.9 Å². The summed E-state index contributed by atoms with van der Waals surface area (Å²) in [6, 6.07) is 14.2. The molecule has 1 heterocycles. The maximum absolute atomic E-state index is 12.9. The molecule has 2 amide bonds. The van der Waals surface area contributed by atoms with Crippen LogP contribution < -0.4 is 9.80 Å². The van der Waals surface area contributed by atoms with Crippen LogP contribution >= 0.6 is 0 Å². The Kier molecular flexibility index (Phi) is 5.51. The number of urea groups is 1. The van der Waals surface area contributed by atoms with E-state index in [0.717, 1.165) is 31.4 Å². The monoisotopic (exact) mass is 353 g/mol. The Bertz CT molecular complexity index is 789. The molecule has 6 heteroatoms. The fraction of sp³-hybridized carbons (Fsp3) is 0.350. The summed E-state index contributed by atoms with van der Waals surface area (Å²) < 4.78 is 0. The molecule has 0 aromatic heterocycles. The van der Waals surface area contributed by atoms with Gasteiger partial charge in [-0.3, -0.25) is 19.9 Å². The highest BCUT2D eigenvalue weighted by molar-refractivity contribution is 6.04. The fourth-order valence-electron chi connectivity index (χ4n) is 3.20. The summed E-state index contributed by atoms with van der Waals surface area (Å²) >= 11 is 0. The molecule has 0 saturated carbocycles. The van der Waals surface area contributed by atoms with Crippen LogP contribution in [0.4, 0.5) is 21.9 Å². The molecule has 136 valence electrons. The lowest BCUT2D eigenvalue weighted by Crippen LogP contribution is -2.49. The first-order chi connectivity index (χ1) is 12.6. The molecule has 0 radical (unpaired) electrons. The molecule has 0 aliphatic carbocycles. The van der Waals surface area contributed by atoms with Gasteiger partial charge in [-0.2, -0.15) is 0 Å². The average Bonchev–Trinajstić information content (AvgIpc) is 2.67. The van der Waals surface area contributed by atoms with Gasteiger partial charge in [0.15, 0.2) is 0 Å². The van der Waals surface area contributed by atoms with Crippen molar-refractivity contribution in [3.63, 3.8) is 0 Å². The fourth-order valence-corrected chi connectivity index (χ4v) is 3.20. The summed E-state index contributed by atoms with van der Waals surface area (Å²) in [4.78, 5) is 26.9. The number of rotatable bonds is 6. The molecular formula is C20H23N3O3. The van der Waals surface area contributed by atoms with Crippen LogP contribution in [0.25, 0.3) is 0 Å². The predicted molar refractivity (Wildman–Crippen MR) is 103 cm³/mol. The van der Waals surface area contributed by atoms with E-state index in [1.165, 1.54) is 17.7 Å². The molecular weight excluding hydrogens is 330 g/mol. The zero-order valence-corrected chi connectivity index (χ0v) is 14.9. The number of anilines is 2. The van der Waals surface area contributed by atoms with Gasteiger partial charge in [0.05, 0.1) is 10.6 Å². The van der Waals surface area contributed by atoms with Crippen molar-refractivity contribution in [1.29, 1.82) is 0 Å². The Labute approximate surface area is 153 Å². The lowest BCUT2D eigenvalue weighted by molar-refractivity contribution is -0.384. The largest absolute Gasteiger partial charge is 0.328 e. The molecule has 0 bridgehead atoms. The standard InChI is InChI=1S/C20H23N3O3/c1-2-3-6-16-9-11-17(12-10-16)21-13-5-14-22(20(21)24)18-7-4-8-19(15-18)23(25)26/h4,7-12,15H,2-3,5-6,13-14H2,1H3. The average molecular weight is 353 g/mol. The molecule has 1 aliphatic rings. The van der Waals surface area contributed by atoms with E-state index < -0.39 is 4.92 Å². The Balaban J connectivity index is 1.79. The molecule has 0 N–H and O–H groups in total. The number of unbranched alkanes of at least 4 members (excludes halogenated alkanes) is 1. The number of nitro groups is 1. The van der Waals surface area contributed by atoms with E-state index in [1.807, 2.05) is 12.1 Å². The lowest BCUT2D eigenvalue weighted by atomic mass is 10.1. The molecule has 6 nitrogen and oxygen atoms in total. The van der Waals surface area contributed by atoms with Crippen molar-refractivity contribution in [1.82, 2.24) is 0 Å². The number of nitrogens with zero attached hydrogens (tertiary/aromatic N) is 3. The van der Waals surface area contributed by atoms with Crippen LogP contribution in [0.3, 0.4) is 0 Å². The van der Waals surface area contributed by atoms with E-state index in [-0.39, 0.29) is 11.7 Å². The second kappa shape index (κ2) is 7.99. The van der Waals surface area contributed by atoms with Crippen molar-refractivity contribution in [3.05, 3.63) is 64.2 Å². The molecule has 2 aromatic rings. The molecule has 3 rings (SSSR count). The van der Waals surface area contributed by atoms with Gasteiger partial charge in [0.1, 0.15) is 0 Å². The number of amides is 2. The van der Waals surface area contributed by atoms with Crippen molar-refractivity contribution in [3.8, 4) is 0 Å². The van der Waals surface area contributed by atoms with Crippen molar-refractivity contribution >= 4 is 23.1 Å². The first-order valence-corrected chi connectivity index (χ1v) is 9.02. The molecule has 0 spiro atoms. The Morgan fingerprint density at radius 1 is 1.04 bits per heavy atom. The number of non-ortho nitro benzene ring substituents is 1. The number of hydrogen-bond donors (Lipinski definition) is 0. The second-order valence-electron chi connectivity index (χ2n) is 6.49. The van der Waals surface area contributed by atoms with Crippen LogP contribution in [0.2, 0.25) is 0 Å². The summed E-state index contributed by atoms with van der Waals surface area (Å²) in [6.07, 6.45) is 4.17. The third-order valence-electron chi connectivity index (χ3n) is 4.64. The minimum atomic E-state index is -0.440. The number of carbonyl (C=O) groups excluding carboxylic acids is 1. The first kappa shape index (κ1) is 17.9. The maximum Gasteiger partial charge on any atom is 0.328 e. The molecule has 0 unspecified atom stereocenters. The van der Waals surface area contributed by atoms with Gasteiger partial charge < -0.3 is 0 Å². The van der Waals surface area contributed by atoms with Crippen LogP contribution in [0.1, 0.15) is 31.7 Å². The highest BCUT2D eigenvalue weighted by atomic mass is 16.6. The summed E-state index contributed by atoms with van der Waals surface area (Å²) in [7, 11) is 0. The maximum atomic E-state index is 12.9. The first-order valence-electron chi connectivity index (χ1n) is 9.02. The number of hydrogen-bond acceptors (Lipinski definition) is 3. The number of benzene rings is 2. The SMILES string of the molecule is CCCCc1ccc(N2CCCN(c3cccc([N+](=O)[O-])c3)C2=O)cc1. The van der Waals surface area contributed by atoms with E-state index in [0.29, 0.717) is 18.8 Å². The molecule has 1 aliphatic heterocycles. The highest BCUT2D eigenvalue weighted by Crippen LogP contribution is 2.27. The zero-order valence-electron chi connectivity index (χ0n) is 14.9. The molecule has 1 saturated heterocycles. The lowest BCUT2D eigenvalue weighted by Gasteiger charge is -2.35. The Morgan fingerprint density at radius 3 is 2.38 bits per heavy atom. The minimum Gasteiger partial charge on any atom is -0.294 e. The molecule has 1 fully saturated rings. The summed E-state index contributed by atoms with van der Waals surface area (Å²) in [6.45, 7) is 3.38. The normalized spacial score (nSPS) is 14.6. The van der Waals surface area contributed by atoms with Crippen LogP contribution in [-0.4, -0.2) is 24.0 Å². The van der Waals surface area contributed by atoms with Crippen molar-refractivity contribution < 1.29 is 9.72 Å². The number of carbonyl (C=O) groups is 1. The topological polar surface area (TPSA) is 66.7 Å². The van der Waals surface area contributed by atoms with Crippen LogP contribution in [0.15, 0.2) is 48.5 Å². The third-order valence-corrected chi connectivity index (χ3v) is 4.64. The van der Waals surface area contributed by atoms with Gasteiger partial charge in [-0.05, 0) is 43.0 Å². The molecule has 0 atom stereocenters. The van der Waals surface area contributed by atoms with E-state index >= 15 is 0 Å². The highest BCUT2D eigenvalue weighted by Gasteiger charge is 2.28. The molecule has 26 heavy (non-hydrogen) atoms. The number of nitro benzene ring substituents is 1. The van der Waals surface area contributed by atoms with Crippen molar-refractivity contribution in [2.45, 2.75) is 32.6 Å². The Hall–Kier alpha value is -2.89. The van der Waals surface area contributed by atoms with Crippen LogP contribution in [0, 0.1) is 10.1 Å². The molecule has 2 aromatic carbocycles. The zero-order chi connectivity index (χ0) is 18.5. The van der Waals surface area contributed by atoms with E-state index in [9.17, 15) is 14.9 Å². The Morgan fingerprint density at radius 2 is 1.73 bits per heavy atom.